The zero-order valence-electron chi connectivity index (χ0n) is 8.47. The van der Waals surface area contributed by atoms with Gasteiger partial charge < -0.3 is 4.55 Å². The summed E-state index contributed by atoms with van der Waals surface area (Å²) < 4.78 is 34.2. The molecule has 1 rings (SSSR count). The first-order valence-electron chi connectivity index (χ1n) is 3.80. The molecule has 0 N–H and O–H groups in total. The van der Waals surface area contributed by atoms with Crippen LogP contribution in [0.4, 0.5) is 0 Å². The average Bonchev–Trinajstić information content (AvgIpc) is 2.06. The van der Waals surface area contributed by atoms with Gasteiger partial charge >= 0.3 is 29.6 Å². The second-order valence-electron chi connectivity index (χ2n) is 2.72. The Kier molecular flexibility index (Phi) is 7.10. The van der Waals surface area contributed by atoms with E-state index >= 15 is 0 Å². The topological polar surface area (TPSA) is 66.4 Å². The Bertz CT molecular complexity index is 388. The van der Waals surface area contributed by atoms with Gasteiger partial charge in [-0.2, -0.15) is 0 Å². The summed E-state index contributed by atoms with van der Waals surface area (Å²) >= 11 is 0.619. The predicted molar refractivity (Wildman–Crippen MR) is 53.3 cm³/mol. The number of hydrogen-bond donors (Lipinski definition) is 0. The van der Waals surface area contributed by atoms with Gasteiger partial charge in [0.2, 0.25) is 10.4 Å². The van der Waals surface area contributed by atoms with Crippen molar-refractivity contribution in [3.05, 3.63) is 35.4 Å². The van der Waals surface area contributed by atoms with Gasteiger partial charge in [-0.15, -0.1) is 0 Å². The quantitative estimate of drug-likeness (QED) is 0.288. The van der Waals surface area contributed by atoms with E-state index in [0.717, 1.165) is 11.1 Å². The zero-order chi connectivity index (χ0) is 10.6. The largest absolute Gasteiger partial charge is 1.00 e. The van der Waals surface area contributed by atoms with Gasteiger partial charge in [0.15, 0.2) is 0 Å². The summed E-state index contributed by atoms with van der Waals surface area (Å²) in [6.45, 7) is 1.95. The Labute approximate surface area is 116 Å². The first kappa shape index (κ1) is 15.4. The molecule has 0 radical (unpaired) electrons. The Morgan fingerprint density at radius 1 is 1.33 bits per heavy atom. The predicted octanol–water partition coefficient (Wildman–Crippen LogP) is -1.38. The summed E-state index contributed by atoms with van der Waals surface area (Å²) in [5.74, 6) is 0.335. The van der Waals surface area contributed by atoms with Crippen LogP contribution >= 0.6 is 12.0 Å². The second kappa shape index (κ2) is 6.90. The Morgan fingerprint density at radius 3 is 2.33 bits per heavy atom. The van der Waals surface area contributed by atoms with Crippen molar-refractivity contribution in [3.8, 4) is 0 Å². The fourth-order valence-corrected chi connectivity index (χ4v) is 1.83. The summed E-state index contributed by atoms with van der Waals surface area (Å²) in [5.41, 5.74) is 2.03. The van der Waals surface area contributed by atoms with E-state index < -0.39 is 10.4 Å². The van der Waals surface area contributed by atoms with Gasteiger partial charge in [-0.3, -0.25) is 0 Å². The molecule has 0 unspecified atom stereocenters. The summed E-state index contributed by atoms with van der Waals surface area (Å²) in [4.78, 5) is 0. The Balaban J connectivity index is 0.00000196. The van der Waals surface area contributed by atoms with E-state index in [0.29, 0.717) is 17.8 Å². The molecule has 1 aromatic carbocycles. The molecule has 0 amide bonds. The number of aryl methyl sites for hydroxylation is 1. The third-order valence-electron chi connectivity index (χ3n) is 1.48. The van der Waals surface area contributed by atoms with Gasteiger partial charge in [0.05, 0.1) is 0 Å². The van der Waals surface area contributed by atoms with Crippen LogP contribution in [0.5, 0.6) is 0 Å². The van der Waals surface area contributed by atoms with Crippen LogP contribution in [0, 0.1) is 6.92 Å². The SMILES string of the molecule is Cc1ccc(CSOS(=O)(=O)[O-])cc1.[Na+]. The van der Waals surface area contributed by atoms with Crippen molar-refractivity contribution < 1.29 is 46.2 Å². The molecule has 0 spiro atoms. The molecule has 7 heteroatoms. The van der Waals surface area contributed by atoms with Gasteiger partial charge in [-0.05, 0) is 12.5 Å². The van der Waals surface area contributed by atoms with Crippen LogP contribution in [0.2, 0.25) is 0 Å². The third kappa shape index (κ3) is 7.35. The Morgan fingerprint density at radius 2 is 1.87 bits per heavy atom. The van der Waals surface area contributed by atoms with Crippen LogP contribution in [0.1, 0.15) is 11.1 Å². The molecular formula is C8H9NaO4S2. The van der Waals surface area contributed by atoms with Crippen LogP contribution in [0.15, 0.2) is 24.3 Å². The van der Waals surface area contributed by atoms with E-state index in [1.54, 1.807) is 0 Å². The minimum Gasteiger partial charge on any atom is -0.725 e. The van der Waals surface area contributed by atoms with Crippen LogP contribution in [0.3, 0.4) is 0 Å². The molecule has 0 bridgehead atoms. The van der Waals surface area contributed by atoms with E-state index in [9.17, 15) is 13.0 Å². The molecule has 0 heterocycles. The maximum absolute atomic E-state index is 10.1. The number of rotatable bonds is 4. The maximum Gasteiger partial charge on any atom is 1.00 e. The van der Waals surface area contributed by atoms with E-state index in [2.05, 4.69) is 3.63 Å². The normalized spacial score (nSPS) is 10.8. The van der Waals surface area contributed by atoms with E-state index in [1.165, 1.54) is 0 Å². The number of hydrogen-bond acceptors (Lipinski definition) is 5. The summed E-state index contributed by atoms with van der Waals surface area (Å²) in [7, 11) is -4.59. The third-order valence-corrected chi connectivity index (χ3v) is 2.98. The van der Waals surface area contributed by atoms with Gasteiger partial charge in [0, 0.05) is 17.8 Å². The van der Waals surface area contributed by atoms with Gasteiger partial charge in [0.1, 0.15) is 0 Å². The smallest absolute Gasteiger partial charge is 0.725 e. The first-order valence-corrected chi connectivity index (χ1v) is 6.04. The molecule has 0 aliphatic heterocycles. The summed E-state index contributed by atoms with van der Waals surface area (Å²) in [6.07, 6.45) is 0. The molecule has 1 aromatic rings. The fourth-order valence-electron chi connectivity index (χ4n) is 0.835. The van der Waals surface area contributed by atoms with Crippen molar-refractivity contribution >= 4 is 22.4 Å². The molecule has 0 saturated carbocycles. The van der Waals surface area contributed by atoms with Crippen LogP contribution in [-0.4, -0.2) is 13.0 Å². The summed E-state index contributed by atoms with van der Waals surface area (Å²) in [6, 6.07) is 7.51. The average molecular weight is 256 g/mol. The molecule has 0 saturated heterocycles. The van der Waals surface area contributed by atoms with Crippen molar-refractivity contribution in [2.45, 2.75) is 12.7 Å². The van der Waals surface area contributed by atoms with Crippen molar-refractivity contribution in [1.82, 2.24) is 0 Å². The molecule has 78 valence electrons. The molecule has 0 aliphatic carbocycles. The monoisotopic (exact) mass is 256 g/mol. The minimum atomic E-state index is -4.59. The van der Waals surface area contributed by atoms with Gasteiger partial charge in [-0.25, -0.2) is 12.0 Å². The van der Waals surface area contributed by atoms with Crippen molar-refractivity contribution in [2.24, 2.45) is 0 Å². The van der Waals surface area contributed by atoms with E-state index in [4.69, 9.17) is 0 Å². The van der Waals surface area contributed by atoms with Crippen LogP contribution in [0.25, 0.3) is 0 Å². The van der Waals surface area contributed by atoms with Crippen molar-refractivity contribution in [1.29, 1.82) is 0 Å². The molecule has 0 aliphatic rings. The second-order valence-corrected chi connectivity index (χ2v) is 4.61. The van der Waals surface area contributed by atoms with Crippen LogP contribution in [-0.2, 0) is 19.8 Å². The minimum absolute atomic E-state index is 0. The van der Waals surface area contributed by atoms with Crippen molar-refractivity contribution in [3.63, 3.8) is 0 Å². The first-order chi connectivity index (χ1) is 6.47. The van der Waals surface area contributed by atoms with Crippen molar-refractivity contribution in [2.75, 3.05) is 0 Å². The van der Waals surface area contributed by atoms with Gasteiger partial charge in [0.25, 0.3) is 0 Å². The fraction of sp³-hybridized carbons (Fsp3) is 0.250. The van der Waals surface area contributed by atoms with E-state index in [-0.39, 0.29) is 29.6 Å². The molecule has 0 aromatic heterocycles. The standard InChI is InChI=1S/C8H10O4S2.Na/c1-7-2-4-8(5-3-7)6-13-12-14(9,10)11;/h2-5H,6H2,1H3,(H,9,10,11);/q;+1/p-1. The molecule has 15 heavy (non-hydrogen) atoms. The molecule has 0 atom stereocenters. The molecule has 4 nitrogen and oxygen atoms in total. The zero-order valence-corrected chi connectivity index (χ0v) is 12.1. The summed E-state index contributed by atoms with van der Waals surface area (Å²) in [5, 5.41) is 0. The van der Waals surface area contributed by atoms with E-state index in [1.807, 2.05) is 31.2 Å². The maximum atomic E-state index is 10.1. The van der Waals surface area contributed by atoms with Crippen LogP contribution < -0.4 is 29.6 Å². The van der Waals surface area contributed by atoms with Gasteiger partial charge in [-0.1, -0.05) is 29.8 Å². The number of benzene rings is 1. The molecule has 0 fully saturated rings. The molecular weight excluding hydrogens is 247 g/mol. The Hall–Kier alpha value is 0.440.